The van der Waals surface area contributed by atoms with Crippen LogP contribution in [0.1, 0.15) is 39.8 Å². The third-order valence-electron chi connectivity index (χ3n) is 3.20. The van der Waals surface area contributed by atoms with Crippen LogP contribution in [0, 0.1) is 5.82 Å². The monoisotopic (exact) mass is 361 g/mol. The minimum atomic E-state index is -4.85. The molecule has 0 unspecified atom stereocenters. The van der Waals surface area contributed by atoms with Crippen LogP contribution < -0.4 is 4.74 Å². The predicted octanol–water partition coefficient (Wildman–Crippen LogP) is 5.37. The number of hydrogen-bond donors (Lipinski definition) is 0. The molecular weight excluding hydrogens is 342 g/mol. The minimum Gasteiger partial charge on any atom is -0.485 e. The fraction of sp³-hybridized carbons (Fsp3) is 0.471. The average Bonchev–Trinajstić information content (AvgIpc) is 2.87. The molecule has 0 aliphatic carbocycles. The van der Waals surface area contributed by atoms with Gasteiger partial charge < -0.3 is 9.47 Å². The number of aromatic nitrogens is 1. The number of carbonyl (C=O) groups excluding carboxylic acids is 1. The Morgan fingerprint density at radius 1 is 1.20 bits per heavy atom. The molecule has 4 nitrogen and oxygen atoms in total. The fourth-order valence-corrected chi connectivity index (χ4v) is 2.29. The maximum Gasteiger partial charge on any atom is 0.432 e. The van der Waals surface area contributed by atoms with Gasteiger partial charge in [0, 0.05) is 5.39 Å². The van der Waals surface area contributed by atoms with E-state index in [1.165, 1.54) is 12.1 Å². The Hall–Kier alpha value is -2.25. The quantitative estimate of drug-likeness (QED) is 0.690. The molecule has 0 bridgehead atoms. The normalized spacial score (nSPS) is 12.5. The largest absolute Gasteiger partial charge is 0.485 e. The van der Waals surface area contributed by atoms with Gasteiger partial charge in [0.15, 0.2) is 11.6 Å². The van der Waals surface area contributed by atoms with Crippen LogP contribution in [0.4, 0.5) is 22.4 Å². The second-order valence-electron chi connectivity index (χ2n) is 6.50. The highest BCUT2D eigenvalue weighted by molar-refractivity contribution is 5.92. The van der Waals surface area contributed by atoms with E-state index in [-0.39, 0.29) is 23.3 Å². The van der Waals surface area contributed by atoms with Crippen molar-refractivity contribution in [2.45, 2.75) is 45.9 Å². The van der Waals surface area contributed by atoms with E-state index in [0.717, 1.165) is 0 Å². The molecule has 1 aromatic carbocycles. The van der Waals surface area contributed by atoms with Crippen molar-refractivity contribution >= 4 is 17.0 Å². The van der Waals surface area contributed by atoms with E-state index < -0.39 is 29.4 Å². The molecule has 138 valence electrons. The van der Waals surface area contributed by atoms with Crippen molar-refractivity contribution in [1.82, 2.24) is 4.57 Å². The molecule has 0 atom stereocenters. The fourth-order valence-electron chi connectivity index (χ4n) is 2.29. The zero-order valence-corrected chi connectivity index (χ0v) is 14.3. The van der Waals surface area contributed by atoms with Crippen LogP contribution in [0.2, 0.25) is 0 Å². The molecule has 0 N–H and O–H groups in total. The zero-order chi connectivity index (χ0) is 19.0. The number of rotatable bonds is 3. The first kappa shape index (κ1) is 19.1. The van der Waals surface area contributed by atoms with Crippen LogP contribution in [0.15, 0.2) is 18.2 Å². The number of halogens is 4. The lowest BCUT2D eigenvalue weighted by atomic mass is 10.1. The van der Waals surface area contributed by atoms with E-state index in [0.29, 0.717) is 17.1 Å². The van der Waals surface area contributed by atoms with Gasteiger partial charge in [-0.05, 0) is 45.4 Å². The van der Waals surface area contributed by atoms with E-state index in [9.17, 15) is 22.4 Å². The number of nitrogens with zero attached hydrogens (tertiary/aromatic N) is 1. The highest BCUT2D eigenvalue weighted by Crippen LogP contribution is 2.37. The van der Waals surface area contributed by atoms with Crippen molar-refractivity contribution in [2.75, 3.05) is 6.61 Å². The maximum atomic E-state index is 14.6. The molecule has 1 heterocycles. The second kappa shape index (κ2) is 6.57. The van der Waals surface area contributed by atoms with Crippen LogP contribution in [0.5, 0.6) is 5.75 Å². The molecule has 0 saturated heterocycles. The maximum absolute atomic E-state index is 14.6. The third kappa shape index (κ3) is 4.05. The number of carbonyl (C=O) groups is 1. The molecule has 25 heavy (non-hydrogen) atoms. The lowest BCUT2D eigenvalue weighted by molar-refractivity contribution is -0.142. The Morgan fingerprint density at radius 2 is 1.84 bits per heavy atom. The summed E-state index contributed by atoms with van der Waals surface area (Å²) >= 11 is 0. The zero-order valence-electron chi connectivity index (χ0n) is 14.3. The molecule has 1 aromatic heterocycles. The van der Waals surface area contributed by atoms with Gasteiger partial charge in [0.2, 0.25) is 0 Å². The third-order valence-corrected chi connectivity index (χ3v) is 3.20. The van der Waals surface area contributed by atoms with Gasteiger partial charge >= 0.3 is 12.3 Å². The summed E-state index contributed by atoms with van der Waals surface area (Å²) in [6, 6.07) is 3.00. The predicted molar refractivity (Wildman–Crippen MR) is 84.3 cm³/mol. The first-order chi connectivity index (χ1) is 11.5. The first-order valence-electron chi connectivity index (χ1n) is 7.73. The number of alkyl halides is 3. The van der Waals surface area contributed by atoms with Gasteiger partial charge in [-0.2, -0.15) is 13.2 Å². The molecule has 0 radical (unpaired) electrons. The van der Waals surface area contributed by atoms with Crippen molar-refractivity contribution in [3.05, 3.63) is 29.7 Å². The van der Waals surface area contributed by atoms with Crippen LogP contribution in [0.3, 0.4) is 0 Å². The Balaban J connectivity index is 2.66. The van der Waals surface area contributed by atoms with Gasteiger partial charge in [-0.25, -0.2) is 13.8 Å². The molecule has 2 aromatic rings. The number of hydrogen-bond acceptors (Lipinski definition) is 3. The van der Waals surface area contributed by atoms with E-state index >= 15 is 0 Å². The van der Waals surface area contributed by atoms with Crippen LogP contribution in [0.25, 0.3) is 10.9 Å². The van der Waals surface area contributed by atoms with Gasteiger partial charge in [-0.1, -0.05) is 6.92 Å². The first-order valence-corrected chi connectivity index (χ1v) is 7.73. The summed E-state index contributed by atoms with van der Waals surface area (Å²) in [7, 11) is 0. The summed E-state index contributed by atoms with van der Waals surface area (Å²) in [5.41, 5.74) is -2.26. The van der Waals surface area contributed by atoms with Crippen molar-refractivity contribution in [2.24, 2.45) is 0 Å². The minimum absolute atomic E-state index is 0.0382. The van der Waals surface area contributed by atoms with Crippen molar-refractivity contribution in [3.63, 3.8) is 0 Å². The summed E-state index contributed by atoms with van der Waals surface area (Å²) in [4.78, 5) is 12.1. The highest BCUT2D eigenvalue weighted by Gasteiger charge is 2.38. The van der Waals surface area contributed by atoms with E-state index in [1.54, 1.807) is 27.7 Å². The van der Waals surface area contributed by atoms with Gasteiger partial charge in [0.25, 0.3) is 0 Å². The standard InChI is InChI=1S/C17H19F4NO3/c1-5-8-24-15(23)22-11-6-7-12(25-16(2,3)4)14(18)10(11)9-13(22)17(19,20)21/h6-7,9H,5,8H2,1-4H3. The Bertz CT molecular complexity index is 788. The van der Waals surface area contributed by atoms with Crippen molar-refractivity contribution in [1.29, 1.82) is 0 Å². The number of benzene rings is 1. The molecule has 0 amide bonds. The summed E-state index contributed by atoms with van der Waals surface area (Å²) in [5.74, 6) is -1.15. The Labute approximate surface area is 142 Å². The number of fused-ring (bicyclic) bond motifs is 1. The van der Waals surface area contributed by atoms with Gasteiger partial charge in [0.1, 0.15) is 11.3 Å². The smallest absolute Gasteiger partial charge is 0.432 e. The summed E-state index contributed by atoms with van der Waals surface area (Å²) in [5, 5.41) is -0.359. The Kier molecular flexibility index (Phi) is 5.02. The molecule has 0 spiro atoms. The molecule has 0 fully saturated rings. The Morgan fingerprint density at radius 3 is 2.36 bits per heavy atom. The van der Waals surface area contributed by atoms with Gasteiger partial charge in [-0.15, -0.1) is 0 Å². The van der Waals surface area contributed by atoms with Crippen LogP contribution in [-0.2, 0) is 10.9 Å². The second-order valence-corrected chi connectivity index (χ2v) is 6.50. The van der Waals surface area contributed by atoms with Gasteiger partial charge in [-0.3, -0.25) is 0 Å². The average molecular weight is 361 g/mol. The number of ether oxygens (including phenoxy) is 2. The molecular formula is C17H19F4NO3. The van der Waals surface area contributed by atoms with Gasteiger partial charge in [0.05, 0.1) is 12.1 Å². The van der Waals surface area contributed by atoms with Crippen molar-refractivity contribution < 1.29 is 31.8 Å². The van der Waals surface area contributed by atoms with E-state index in [1.807, 2.05) is 0 Å². The lowest BCUT2D eigenvalue weighted by Crippen LogP contribution is -2.23. The summed E-state index contributed by atoms with van der Waals surface area (Å²) in [6.45, 7) is 6.73. The summed E-state index contributed by atoms with van der Waals surface area (Å²) in [6.07, 6.45) is -5.60. The van der Waals surface area contributed by atoms with Crippen LogP contribution in [-0.4, -0.2) is 22.9 Å². The van der Waals surface area contributed by atoms with Crippen LogP contribution >= 0.6 is 0 Å². The molecule has 8 heteroatoms. The highest BCUT2D eigenvalue weighted by atomic mass is 19.4. The molecule has 0 saturated carbocycles. The van der Waals surface area contributed by atoms with E-state index in [4.69, 9.17) is 9.47 Å². The van der Waals surface area contributed by atoms with E-state index in [2.05, 4.69) is 0 Å². The SMILES string of the molecule is CCCOC(=O)n1c(C(F)(F)F)cc2c(F)c(OC(C)(C)C)ccc21. The summed E-state index contributed by atoms with van der Waals surface area (Å²) < 4.78 is 65.1. The lowest BCUT2D eigenvalue weighted by Gasteiger charge is -2.21. The molecule has 0 aliphatic rings. The molecule has 2 rings (SSSR count). The van der Waals surface area contributed by atoms with Crippen molar-refractivity contribution in [3.8, 4) is 5.75 Å². The topological polar surface area (TPSA) is 40.5 Å². The molecule has 0 aliphatic heterocycles.